The highest BCUT2D eigenvalue weighted by Crippen LogP contribution is 2.21. The molecule has 0 aliphatic heterocycles. The number of benzene rings is 1. The zero-order valence-electron chi connectivity index (χ0n) is 12.1. The molecule has 0 spiro atoms. The molecule has 6 nitrogen and oxygen atoms in total. The minimum Gasteiger partial charge on any atom is -0.496 e. The molecule has 21 heavy (non-hydrogen) atoms. The Morgan fingerprint density at radius 1 is 1.48 bits per heavy atom. The van der Waals surface area contributed by atoms with E-state index < -0.39 is 22.0 Å². The summed E-state index contributed by atoms with van der Waals surface area (Å²) in [6.07, 6.45) is 2.06. The Kier molecular flexibility index (Phi) is 6.50. The lowest BCUT2D eigenvalue weighted by atomic mass is 10.2. The Hall–Kier alpha value is -1.25. The summed E-state index contributed by atoms with van der Waals surface area (Å²) in [5.74, 6) is -0.0508. The Labute approximate surface area is 128 Å². The van der Waals surface area contributed by atoms with E-state index in [-0.39, 0.29) is 11.3 Å². The number of rotatable bonds is 8. The number of aryl methyl sites for hydroxylation is 1. The van der Waals surface area contributed by atoms with Gasteiger partial charge in [-0.15, -0.1) is 0 Å². The topological polar surface area (TPSA) is 92.7 Å². The van der Waals surface area contributed by atoms with E-state index in [0.717, 1.165) is 0 Å². The summed E-state index contributed by atoms with van der Waals surface area (Å²) >= 11 is 1.46. The van der Waals surface area contributed by atoms with Crippen LogP contribution in [-0.4, -0.2) is 44.7 Å². The molecule has 0 bridgehead atoms. The van der Waals surface area contributed by atoms with Gasteiger partial charge in [0.1, 0.15) is 11.8 Å². The van der Waals surface area contributed by atoms with Crippen molar-refractivity contribution in [1.82, 2.24) is 4.72 Å². The Morgan fingerprint density at radius 3 is 2.62 bits per heavy atom. The van der Waals surface area contributed by atoms with E-state index in [9.17, 15) is 13.2 Å². The monoisotopic (exact) mass is 333 g/mol. The van der Waals surface area contributed by atoms with E-state index in [1.165, 1.54) is 31.0 Å². The van der Waals surface area contributed by atoms with Gasteiger partial charge in [-0.25, -0.2) is 8.42 Å². The highest BCUT2D eigenvalue weighted by Gasteiger charge is 2.25. The van der Waals surface area contributed by atoms with Crippen LogP contribution in [0.15, 0.2) is 23.1 Å². The van der Waals surface area contributed by atoms with Crippen molar-refractivity contribution < 1.29 is 23.1 Å². The number of sulfonamides is 1. The lowest BCUT2D eigenvalue weighted by Gasteiger charge is -2.15. The summed E-state index contributed by atoms with van der Waals surface area (Å²) in [7, 11) is -2.38. The standard InChI is InChI=1S/C13H19NO5S2/c1-9-8-10(4-5-12(9)19-2)21(17,18)14-11(13(15)16)6-7-20-3/h4-5,8,11,14H,6-7H2,1-3H3,(H,15,16)/t11-/m1/s1. The van der Waals surface area contributed by atoms with Crippen LogP contribution in [0.3, 0.4) is 0 Å². The summed E-state index contributed by atoms with van der Waals surface area (Å²) in [5, 5.41) is 9.09. The second-order valence-electron chi connectivity index (χ2n) is 4.43. The Bertz CT molecular complexity index is 601. The van der Waals surface area contributed by atoms with Crippen molar-refractivity contribution in [2.24, 2.45) is 0 Å². The fourth-order valence-electron chi connectivity index (χ4n) is 1.74. The molecule has 1 aromatic carbocycles. The molecular weight excluding hydrogens is 314 g/mol. The third kappa shape index (κ3) is 4.90. The summed E-state index contributed by atoms with van der Waals surface area (Å²) in [6, 6.07) is 3.25. The number of hydrogen-bond donors (Lipinski definition) is 2. The largest absolute Gasteiger partial charge is 0.496 e. The predicted octanol–water partition coefficient (Wildman–Crippen LogP) is 1.49. The lowest BCUT2D eigenvalue weighted by Crippen LogP contribution is -2.41. The molecule has 0 amide bonds. The second-order valence-corrected chi connectivity index (χ2v) is 7.12. The van der Waals surface area contributed by atoms with Crippen LogP contribution < -0.4 is 9.46 Å². The fourth-order valence-corrected chi connectivity index (χ4v) is 3.52. The molecule has 118 valence electrons. The number of aliphatic carboxylic acids is 1. The van der Waals surface area contributed by atoms with Crippen LogP contribution >= 0.6 is 11.8 Å². The van der Waals surface area contributed by atoms with Crippen molar-refractivity contribution >= 4 is 27.8 Å². The number of carbonyl (C=O) groups is 1. The van der Waals surface area contributed by atoms with Gasteiger partial charge in [0.2, 0.25) is 10.0 Å². The van der Waals surface area contributed by atoms with Crippen molar-refractivity contribution in [3.8, 4) is 5.75 Å². The molecule has 0 saturated carbocycles. The number of thioether (sulfide) groups is 1. The molecule has 0 saturated heterocycles. The molecule has 0 unspecified atom stereocenters. The average Bonchev–Trinajstić information content (AvgIpc) is 2.43. The molecule has 2 N–H and O–H groups in total. The molecule has 1 rings (SSSR count). The quantitative estimate of drug-likeness (QED) is 0.749. The third-order valence-electron chi connectivity index (χ3n) is 2.88. The summed E-state index contributed by atoms with van der Waals surface area (Å²) in [4.78, 5) is 11.1. The Balaban J connectivity index is 2.99. The van der Waals surface area contributed by atoms with Gasteiger partial charge in [-0.2, -0.15) is 16.5 Å². The van der Waals surface area contributed by atoms with Gasteiger partial charge in [-0.05, 0) is 49.1 Å². The zero-order chi connectivity index (χ0) is 16.0. The number of nitrogens with one attached hydrogen (secondary N) is 1. The normalized spacial score (nSPS) is 12.9. The van der Waals surface area contributed by atoms with E-state index in [4.69, 9.17) is 9.84 Å². The summed E-state index contributed by atoms with van der Waals surface area (Å²) in [6.45, 7) is 1.72. The van der Waals surface area contributed by atoms with E-state index in [1.54, 1.807) is 13.0 Å². The van der Waals surface area contributed by atoms with Crippen molar-refractivity contribution in [2.75, 3.05) is 19.1 Å². The van der Waals surface area contributed by atoms with Crippen LogP contribution in [0.25, 0.3) is 0 Å². The SMILES string of the molecule is COc1ccc(S(=O)(=O)N[C@H](CCSC)C(=O)O)cc1C. The van der Waals surface area contributed by atoms with Gasteiger partial charge < -0.3 is 9.84 Å². The van der Waals surface area contributed by atoms with E-state index in [1.807, 2.05) is 6.26 Å². The minimum atomic E-state index is -3.88. The van der Waals surface area contributed by atoms with E-state index >= 15 is 0 Å². The first-order valence-electron chi connectivity index (χ1n) is 6.20. The smallest absolute Gasteiger partial charge is 0.321 e. The molecule has 1 atom stereocenters. The van der Waals surface area contributed by atoms with Crippen molar-refractivity contribution in [1.29, 1.82) is 0 Å². The number of hydrogen-bond acceptors (Lipinski definition) is 5. The highest BCUT2D eigenvalue weighted by molar-refractivity contribution is 7.98. The molecular formula is C13H19NO5S2. The van der Waals surface area contributed by atoms with Crippen LogP contribution in [0.2, 0.25) is 0 Å². The maximum absolute atomic E-state index is 12.2. The zero-order valence-corrected chi connectivity index (χ0v) is 13.8. The number of carboxylic acids is 1. The van der Waals surface area contributed by atoms with Gasteiger partial charge in [0, 0.05) is 0 Å². The number of carboxylic acid groups (broad SMARTS) is 1. The maximum atomic E-state index is 12.2. The highest BCUT2D eigenvalue weighted by atomic mass is 32.2. The number of methoxy groups -OCH3 is 1. The summed E-state index contributed by atoms with van der Waals surface area (Å²) in [5.41, 5.74) is 0.663. The lowest BCUT2D eigenvalue weighted by molar-refractivity contribution is -0.139. The second kappa shape index (κ2) is 7.67. The molecule has 0 aromatic heterocycles. The van der Waals surface area contributed by atoms with Crippen LogP contribution in [-0.2, 0) is 14.8 Å². The number of ether oxygens (including phenoxy) is 1. The van der Waals surface area contributed by atoms with Gasteiger partial charge >= 0.3 is 5.97 Å². The van der Waals surface area contributed by atoms with Crippen LogP contribution in [0.1, 0.15) is 12.0 Å². The van der Waals surface area contributed by atoms with Gasteiger partial charge in [-0.3, -0.25) is 4.79 Å². The fraction of sp³-hybridized carbons (Fsp3) is 0.462. The van der Waals surface area contributed by atoms with Crippen molar-refractivity contribution in [2.45, 2.75) is 24.3 Å². The molecule has 8 heteroatoms. The molecule has 1 aromatic rings. The van der Waals surface area contributed by atoms with E-state index in [2.05, 4.69) is 4.72 Å². The maximum Gasteiger partial charge on any atom is 0.321 e. The summed E-state index contributed by atoms with van der Waals surface area (Å²) < 4.78 is 31.8. The molecule has 0 aliphatic rings. The predicted molar refractivity (Wildman–Crippen MR) is 82.5 cm³/mol. The average molecular weight is 333 g/mol. The minimum absolute atomic E-state index is 0.0243. The van der Waals surface area contributed by atoms with Gasteiger partial charge in [-0.1, -0.05) is 0 Å². The van der Waals surface area contributed by atoms with Crippen molar-refractivity contribution in [3.63, 3.8) is 0 Å². The molecule has 0 fully saturated rings. The Morgan fingerprint density at radius 2 is 2.14 bits per heavy atom. The first kappa shape index (κ1) is 17.8. The molecule has 0 radical (unpaired) electrons. The van der Waals surface area contributed by atoms with Gasteiger partial charge in [0.15, 0.2) is 0 Å². The first-order valence-corrected chi connectivity index (χ1v) is 9.08. The van der Waals surface area contributed by atoms with Gasteiger partial charge in [0.25, 0.3) is 0 Å². The van der Waals surface area contributed by atoms with Crippen LogP contribution in [0.4, 0.5) is 0 Å². The molecule has 0 aliphatic carbocycles. The van der Waals surface area contributed by atoms with Crippen molar-refractivity contribution in [3.05, 3.63) is 23.8 Å². The molecule has 0 heterocycles. The van der Waals surface area contributed by atoms with Gasteiger partial charge in [0.05, 0.1) is 12.0 Å². The van der Waals surface area contributed by atoms with Crippen LogP contribution in [0.5, 0.6) is 5.75 Å². The first-order chi connectivity index (χ1) is 9.81. The third-order valence-corrected chi connectivity index (χ3v) is 5.00. The van der Waals surface area contributed by atoms with Crippen LogP contribution in [0, 0.1) is 6.92 Å². The van der Waals surface area contributed by atoms with E-state index in [0.29, 0.717) is 17.1 Å².